The third-order valence-electron chi connectivity index (χ3n) is 8.98. The molecular formula is C37H75NO4. The second-order valence-corrected chi connectivity index (χ2v) is 13.2. The fraction of sp³-hybridized carbons (Fsp3) is 0.973. The summed E-state index contributed by atoms with van der Waals surface area (Å²) in [5, 5.41) is 33.0. The van der Waals surface area contributed by atoms with Gasteiger partial charge in [-0.1, -0.05) is 194 Å². The molecule has 3 unspecified atom stereocenters. The average molecular weight is 598 g/mol. The molecule has 0 radical (unpaired) electrons. The molecule has 0 aliphatic heterocycles. The van der Waals surface area contributed by atoms with Crippen molar-refractivity contribution in [2.75, 3.05) is 6.61 Å². The molecule has 0 saturated carbocycles. The number of hydrogen-bond donors (Lipinski definition) is 4. The molecule has 0 aliphatic rings. The lowest BCUT2D eigenvalue weighted by Crippen LogP contribution is -2.49. The van der Waals surface area contributed by atoms with Crippen LogP contribution < -0.4 is 5.32 Å². The van der Waals surface area contributed by atoms with E-state index in [0.29, 0.717) is 12.8 Å². The van der Waals surface area contributed by atoms with Crippen LogP contribution in [0.4, 0.5) is 0 Å². The van der Waals surface area contributed by atoms with Crippen LogP contribution in [0.5, 0.6) is 0 Å². The van der Waals surface area contributed by atoms with Gasteiger partial charge in [0, 0.05) is 0 Å². The van der Waals surface area contributed by atoms with Crippen molar-refractivity contribution in [1.29, 1.82) is 0 Å². The zero-order valence-corrected chi connectivity index (χ0v) is 28.4. The van der Waals surface area contributed by atoms with Gasteiger partial charge in [-0.3, -0.25) is 4.79 Å². The largest absolute Gasteiger partial charge is 0.394 e. The molecular weight excluding hydrogens is 522 g/mol. The van der Waals surface area contributed by atoms with E-state index in [0.717, 1.165) is 32.1 Å². The van der Waals surface area contributed by atoms with E-state index in [1.54, 1.807) is 0 Å². The Hall–Kier alpha value is -0.650. The monoisotopic (exact) mass is 598 g/mol. The van der Waals surface area contributed by atoms with Crippen molar-refractivity contribution in [3.05, 3.63) is 0 Å². The van der Waals surface area contributed by atoms with Crippen LogP contribution in [0, 0.1) is 0 Å². The summed E-state index contributed by atoms with van der Waals surface area (Å²) in [6.45, 7) is 4.21. The highest BCUT2D eigenvalue weighted by atomic mass is 16.3. The highest BCUT2D eigenvalue weighted by Crippen LogP contribution is 2.16. The Morgan fingerprint density at radius 2 is 0.762 bits per heavy atom. The summed E-state index contributed by atoms with van der Waals surface area (Å²) in [4.78, 5) is 12.4. The molecule has 0 heterocycles. The number of amides is 1. The summed E-state index contributed by atoms with van der Waals surface area (Å²) < 4.78 is 0. The van der Waals surface area contributed by atoms with Crippen molar-refractivity contribution in [3.63, 3.8) is 0 Å². The molecule has 0 aliphatic carbocycles. The number of carbonyl (C=O) groups excluding carboxylic acids is 1. The molecule has 0 bridgehead atoms. The predicted octanol–water partition coefficient (Wildman–Crippen LogP) is 9.93. The summed E-state index contributed by atoms with van der Waals surface area (Å²) in [7, 11) is 0. The van der Waals surface area contributed by atoms with Crippen molar-refractivity contribution in [2.45, 2.75) is 225 Å². The van der Waals surface area contributed by atoms with E-state index in [2.05, 4.69) is 19.2 Å². The van der Waals surface area contributed by atoms with Crippen LogP contribution in [-0.4, -0.2) is 46.1 Å². The minimum atomic E-state index is -1.07. The van der Waals surface area contributed by atoms with Gasteiger partial charge in [-0.25, -0.2) is 0 Å². The molecule has 5 heteroatoms. The molecule has 0 aromatic carbocycles. The van der Waals surface area contributed by atoms with Gasteiger partial charge in [0.1, 0.15) is 6.10 Å². The molecule has 0 rings (SSSR count). The van der Waals surface area contributed by atoms with Crippen LogP contribution in [0.25, 0.3) is 0 Å². The Morgan fingerprint density at radius 1 is 0.476 bits per heavy atom. The fourth-order valence-corrected chi connectivity index (χ4v) is 5.95. The smallest absolute Gasteiger partial charge is 0.249 e. The van der Waals surface area contributed by atoms with Crippen molar-refractivity contribution in [2.24, 2.45) is 0 Å². The first kappa shape index (κ1) is 41.4. The SMILES string of the molecule is CCCCCCCCCCCCCCCCCCCCCC(O)C(=O)NC(CO)C(O)CCCCCCCCCCC. The standard InChI is InChI=1S/C37H75NO4/c1-3-5-7-9-11-13-14-15-16-17-18-19-20-21-22-24-26-28-30-32-36(41)37(42)38-34(33-39)35(40)31-29-27-25-23-12-10-8-6-4-2/h34-36,39-41H,3-33H2,1-2H3,(H,38,42). The summed E-state index contributed by atoms with van der Waals surface area (Å²) in [6.07, 6.45) is 35.2. The summed E-state index contributed by atoms with van der Waals surface area (Å²) in [6, 6.07) is -0.703. The minimum absolute atomic E-state index is 0.309. The summed E-state index contributed by atoms with van der Waals surface area (Å²) in [5.41, 5.74) is 0. The molecule has 1 amide bonds. The fourth-order valence-electron chi connectivity index (χ4n) is 5.95. The summed E-state index contributed by atoms with van der Waals surface area (Å²) >= 11 is 0. The molecule has 0 saturated heterocycles. The highest BCUT2D eigenvalue weighted by molar-refractivity contribution is 5.80. The maximum absolute atomic E-state index is 12.4. The second kappa shape index (κ2) is 33.2. The number of nitrogens with one attached hydrogen (secondary N) is 1. The van der Waals surface area contributed by atoms with E-state index in [9.17, 15) is 20.1 Å². The molecule has 3 atom stereocenters. The quantitative estimate of drug-likeness (QED) is 0.0556. The van der Waals surface area contributed by atoms with Crippen LogP contribution >= 0.6 is 0 Å². The van der Waals surface area contributed by atoms with E-state index < -0.39 is 24.2 Å². The highest BCUT2D eigenvalue weighted by Gasteiger charge is 2.23. The number of unbranched alkanes of at least 4 members (excludes halogenated alkanes) is 26. The zero-order chi connectivity index (χ0) is 30.9. The molecule has 0 aromatic rings. The molecule has 4 N–H and O–H groups in total. The van der Waals surface area contributed by atoms with Gasteiger partial charge in [0.25, 0.3) is 0 Å². The topological polar surface area (TPSA) is 89.8 Å². The van der Waals surface area contributed by atoms with Gasteiger partial charge >= 0.3 is 0 Å². The molecule has 5 nitrogen and oxygen atoms in total. The van der Waals surface area contributed by atoms with Crippen molar-refractivity contribution in [1.82, 2.24) is 5.32 Å². The van der Waals surface area contributed by atoms with Gasteiger partial charge in [-0.05, 0) is 12.8 Å². The van der Waals surface area contributed by atoms with Crippen molar-refractivity contribution < 1.29 is 20.1 Å². The third kappa shape index (κ3) is 28.1. The Labute approximate surface area is 262 Å². The molecule has 42 heavy (non-hydrogen) atoms. The van der Waals surface area contributed by atoms with Crippen LogP contribution in [0.1, 0.15) is 206 Å². The van der Waals surface area contributed by atoms with Crippen LogP contribution in [0.2, 0.25) is 0 Å². The number of aliphatic hydroxyl groups is 3. The van der Waals surface area contributed by atoms with Crippen molar-refractivity contribution in [3.8, 4) is 0 Å². The molecule has 252 valence electrons. The molecule has 0 spiro atoms. The maximum Gasteiger partial charge on any atom is 0.249 e. The molecule has 0 aromatic heterocycles. The number of carbonyl (C=O) groups is 1. The Morgan fingerprint density at radius 3 is 1.07 bits per heavy atom. The van der Waals surface area contributed by atoms with Crippen molar-refractivity contribution >= 4 is 5.91 Å². The van der Waals surface area contributed by atoms with Gasteiger partial charge in [0.05, 0.1) is 18.8 Å². The van der Waals surface area contributed by atoms with Gasteiger partial charge < -0.3 is 20.6 Å². The third-order valence-corrected chi connectivity index (χ3v) is 8.98. The number of aliphatic hydroxyl groups excluding tert-OH is 3. The van der Waals surface area contributed by atoms with E-state index >= 15 is 0 Å². The van der Waals surface area contributed by atoms with Gasteiger partial charge in [0.2, 0.25) is 5.91 Å². The predicted molar refractivity (Wildman–Crippen MR) is 181 cm³/mol. The first-order valence-electron chi connectivity index (χ1n) is 18.8. The first-order valence-corrected chi connectivity index (χ1v) is 18.8. The lowest BCUT2D eigenvalue weighted by Gasteiger charge is -2.23. The minimum Gasteiger partial charge on any atom is -0.394 e. The van der Waals surface area contributed by atoms with E-state index in [4.69, 9.17) is 0 Å². The zero-order valence-electron chi connectivity index (χ0n) is 28.4. The Kier molecular flexibility index (Phi) is 32.7. The second-order valence-electron chi connectivity index (χ2n) is 13.2. The van der Waals surface area contributed by atoms with Gasteiger partial charge in [0.15, 0.2) is 0 Å². The number of hydrogen-bond acceptors (Lipinski definition) is 4. The normalized spacial score (nSPS) is 13.7. The van der Waals surface area contributed by atoms with Gasteiger partial charge in [-0.15, -0.1) is 0 Å². The van der Waals surface area contributed by atoms with Crippen LogP contribution in [0.15, 0.2) is 0 Å². The lowest BCUT2D eigenvalue weighted by molar-refractivity contribution is -0.131. The maximum atomic E-state index is 12.4. The average Bonchev–Trinajstić information content (AvgIpc) is 2.99. The Balaban J connectivity index is 3.58. The first-order chi connectivity index (χ1) is 20.6. The van der Waals surface area contributed by atoms with E-state index in [1.807, 2.05) is 0 Å². The van der Waals surface area contributed by atoms with Crippen LogP contribution in [-0.2, 0) is 4.79 Å². The van der Waals surface area contributed by atoms with E-state index in [1.165, 1.54) is 148 Å². The van der Waals surface area contributed by atoms with Crippen LogP contribution in [0.3, 0.4) is 0 Å². The summed E-state index contributed by atoms with van der Waals surface area (Å²) in [5.74, 6) is -0.470. The van der Waals surface area contributed by atoms with E-state index in [-0.39, 0.29) is 6.61 Å². The Bertz CT molecular complexity index is 544. The molecule has 0 fully saturated rings. The number of rotatable bonds is 34. The lowest BCUT2D eigenvalue weighted by atomic mass is 10.0. The van der Waals surface area contributed by atoms with Gasteiger partial charge in [-0.2, -0.15) is 0 Å².